The highest BCUT2D eigenvalue weighted by molar-refractivity contribution is 9.10. The highest BCUT2D eigenvalue weighted by Crippen LogP contribution is 2.20. The summed E-state index contributed by atoms with van der Waals surface area (Å²) in [7, 11) is -3.76. The largest absolute Gasteiger partial charge is 0.307 e. The van der Waals surface area contributed by atoms with Gasteiger partial charge in [0.15, 0.2) is 0 Å². The molecule has 2 aromatic carbocycles. The minimum absolute atomic E-state index is 0.133. The van der Waals surface area contributed by atoms with Crippen molar-refractivity contribution in [3.05, 3.63) is 70.8 Å². The second-order valence-electron chi connectivity index (χ2n) is 6.89. The Bertz CT molecular complexity index is 1110. The van der Waals surface area contributed by atoms with E-state index in [0.29, 0.717) is 29.5 Å². The topological polar surface area (TPSA) is 93.1 Å². The Kier molecular flexibility index (Phi) is 6.39. The van der Waals surface area contributed by atoms with Crippen molar-refractivity contribution in [3.8, 4) is 0 Å². The number of sulfonamides is 1. The van der Waals surface area contributed by atoms with Crippen LogP contribution in [0.5, 0.6) is 0 Å². The Morgan fingerprint density at radius 1 is 1.14 bits per heavy atom. The molecule has 152 valence electrons. The molecule has 7 nitrogen and oxygen atoms in total. The van der Waals surface area contributed by atoms with Crippen molar-refractivity contribution in [2.45, 2.75) is 25.3 Å². The fourth-order valence-electron chi connectivity index (χ4n) is 2.67. The van der Waals surface area contributed by atoms with Gasteiger partial charge < -0.3 is 5.32 Å². The Morgan fingerprint density at radius 2 is 1.86 bits per heavy atom. The Hall–Kier alpha value is -2.65. The maximum atomic E-state index is 12.6. The number of hydrogen-bond acceptors (Lipinski definition) is 4. The summed E-state index contributed by atoms with van der Waals surface area (Å²) in [6.07, 6.45) is 1.63. The Morgan fingerprint density at radius 3 is 2.55 bits per heavy atom. The molecule has 9 heteroatoms. The van der Waals surface area contributed by atoms with E-state index in [2.05, 4.69) is 44.9 Å². The third-order valence-corrected chi connectivity index (χ3v) is 5.92. The summed E-state index contributed by atoms with van der Waals surface area (Å²) in [4.78, 5) is 12.8. The lowest BCUT2D eigenvalue weighted by Gasteiger charge is -2.12. The van der Waals surface area contributed by atoms with Gasteiger partial charge in [-0.05, 0) is 48.4 Å². The van der Waals surface area contributed by atoms with Crippen LogP contribution in [-0.2, 0) is 16.6 Å². The minimum atomic E-state index is -3.76. The molecule has 2 N–H and O–H groups in total. The first-order valence-electron chi connectivity index (χ1n) is 8.96. The van der Waals surface area contributed by atoms with Gasteiger partial charge in [-0.15, -0.1) is 0 Å². The molecule has 0 aliphatic rings. The zero-order chi connectivity index (χ0) is 21.0. The first kappa shape index (κ1) is 21.1. The summed E-state index contributed by atoms with van der Waals surface area (Å²) in [5.74, 6) is 0.617. The number of carbonyl (C=O) groups excluding carboxylic acids is 1. The minimum Gasteiger partial charge on any atom is -0.307 e. The molecule has 3 rings (SSSR count). The van der Waals surface area contributed by atoms with Gasteiger partial charge in [-0.25, -0.2) is 13.1 Å². The molecule has 0 aliphatic carbocycles. The van der Waals surface area contributed by atoms with E-state index in [9.17, 15) is 13.2 Å². The molecule has 0 fully saturated rings. The predicted molar refractivity (Wildman–Crippen MR) is 116 cm³/mol. The van der Waals surface area contributed by atoms with Crippen molar-refractivity contribution in [2.75, 3.05) is 10.0 Å². The molecular formula is C20H21BrN4O3S. The molecule has 0 saturated carbocycles. The van der Waals surface area contributed by atoms with Gasteiger partial charge in [0.2, 0.25) is 0 Å². The number of amides is 1. The van der Waals surface area contributed by atoms with Gasteiger partial charge in [0, 0.05) is 28.3 Å². The highest BCUT2D eigenvalue weighted by atomic mass is 79.9. The summed E-state index contributed by atoms with van der Waals surface area (Å²) in [5, 5.41) is 7.04. The molecule has 1 amide bonds. The van der Waals surface area contributed by atoms with E-state index in [1.165, 1.54) is 18.2 Å². The summed E-state index contributed by atoms with van der Waals surface area (Å²) >= 11 is 3.28. The lowest BCUT2D eigenvalue weighted by atomic mass is 10.2. The second-order valence-corrected chi connectivity index (χ2v) is 9.48. The summed E-state index contributed by atoms with van der Waals surface area (Å²) < 4.78 is 30.1. The van der Waals surface area contributed by atoms with Crippen LogP contribution in [0.2, 0.25) is 0 Å². The van der Waals surface area contributed by atoms with E-state index in [-0.39, 0.29) is 10.8 Å². The summed E-state index contributed by atoms with van der Waals surface area (Å²) in [6, 6.07) is 14.4. The van der Waals surface area contributed by atoms with Crippen LogP contribution >= 0.6 is 15.9 Å². The molecule has 0 aliphatic heterocycles. The molecular weight excluding hydrogens is 456 g/mol. The van der Waals surface area contributed by atoms with Crippen LogP contribution in [0.4, 0.5) is 11.5 Å². The lowest BCUT2D eigenvalue weighted by molar-refractivity contribution is 0.102. The Balaban J connectivity index is 1.76. The Labute approximate surface area is 178 Å². The van der Waals surface area contributed by atoms with Crippen LogP contribution in [0.15, 0.2) is 70.2 Å². The van der Waals surface area contributed by atoms with Crippen molar-refractivity contribution in [1.29, 1.82) is 0 Å². The van der Waals surface area contributed by atoms with Gasteiger partial charge in [-0.1, -0.05) is 35.8 Å². The van der Waals surface area contributed by atoms with Gasteiger partial charge in [0.25, 0.3) is 15.9 Å². The van der Waals surface area contributed by atoms with Crippen molar-refractivity contribution < 1.29 is 13.2 Å². The standard InChI is InChI=1S/C20H21BrN4O3S/c1-14(2)13-25-19(10-11-22-25)23-20(26)15-4-3-5-17(12-15)24-29(27,28)18-8-6-16(21)7-9-18/h3-12,14,24H,13H2,1-2H3,(H,23,26). The van der Waals surface area contributed by atoms with Crippen LogP contribution < -0.4 is 10.0 Å². The van der Waals surface area contributed by atoms with E-state index in [4.69, 9.17) is 0 Å². The maximum Gasteiger partial charge on any atom is 0.261 e. The fourth-order valence-corrected chi connectivity index (χ4v) is 3.98. The van der Waals surface area contributed by atoms with Crippen molar-refractivity contribution in [2.24, 2.45) is 5.92 Å². The normalized spacial score (nSPS) is 11.4. The number of anilines is 2. The summed E-state index contributed by atoms with van der Waals surface area (Å²) in [6.45, 7) is 4.80. The van der Waals surface area contributed by atoms with E-state index in [1.807, 2.05) is 0 Å². The van der Waals surface area contributed by atoms with Crippen LogP contribution in [0, 0.1) is 5.92 Å². The first-order chi connectivity index (χ1) is 13.7. The number of rotatable bonds is 7. The van der Waals surface area contributed by atoms with E-state index >= 15 is 0 Å². The molecule has 3 aromatic rings. The van der Waals surface area contributed by atoms with E-state index in [1.54, 1.807) is 47.3 Å². The van der Waals surface area contributed by atoms with Crippen molar-refractivity contribution >= 4 is 43.4 Å². The predicted octanol–water partition coefficient (Wildman–Crippen LogP) is 4.35. The number of carbonyl (C=O) groups is 1. The van der Waals surface area contributed by atoms with Crippen LogP contribution in [0.25, 0.3) is 0 Å². The smallest absolute Gasteiger partial charge is 0.261 e. The average Bonchev–Trinajstić information content (AvgIpc) is 3.08. The molecule has 0 bridgehead atoms. The quantitative estimate of drug-likeness (QED) is 0.529. The molecule has 1 heterocycles. The number of aromatic nitrogens is 2. The zero-order valence-electron chi connectivity index (χ0n) is 16.0. The molecule has 0 radical (unpaired) electrons. The van der Waals surface area contributed by atoms with Gasteiger partial charge in [0.05, 0.1) is 11.1 Å². The lowest BCUT2D eigenvalue weighted by Crippen LogP contribution is -2.18. The maximum absolute atomic E-state index is 12.6. The van der Waals surface area contributed by atoms with Gasteiger partial charge in [0.1, 0.15) is 5.82 Å². The van der Waals surface area contributed by atoms with Crippen molar-refractivity contribution in [1.82, 2.24) is 9.78 Å². The number of benzene rings is 2. The molecule has 0 saturated heterocycles. The third-order valence-electron chi connectivity index (χ3n) is 4.00. The molecule has 29 heavy (non-hydrogen) atoms. The molecule has 0 unspecified atom stereocenters. The first-order valence-corrected chi connectivity index (χ1v) is 11.2. The van der Waals surface area contributed by atoms with Crippen LogP contribution in [0.3, 0.4) is 0 Å². The number of nitrogens with one attached hydrogen (secondary N) is 2. The SMILES string of the molecule is CC(C)Cn1nccc1NC(=O)c1cccc(NS(=O)(=O)c2ccc(Br)cc2)c1. The van der Waals surface area contributed by atoms with Crippen LogP contribution in [0.1, 0.15) is 24.2 Å². The second kappa shape index (κ2) is 8.79. The molecule has 1 aromatic heterocycles. The fraction of sp³-hybridized carbons (Fsp3) is 0.200. The average molecular weight is 477 g/mol. The summed E-state index contributed by atoms with van der Waals surface area (Å²) in [5.41, 5.74) is 0.634. The van der Waals surface area contributed by atoms with E-state index in [0.717, 1.165) is 4.47 Å². The number of hydrogen-bond donors (Lipinski definition) is 2. The zero-order valence-corrected chi connectivity index (χ0v) is 18.4. The van der Waals surface area contributed by atoms with Crippen molar-refractivity contribution in [3.63, 3.8) is 0 Å². The van der Waals surface area contributed by atoms with Gasteiger partial charge in [-0.3, -0.25) is 9.52 Å². The van der Waals surface area contributed by atoms with Crippen LogP contribution in [-0.4, -0.2) is 24.1 Å². The van der Waals surface area contributed by atoms with Gasteiger partial charge >= 0.3 is 0 Å². The van der Waals surface area contributed by atoms with Gasteiger partial charge in [-0.2, -0.15) is 5.10 Å². The third kappa shape index (κ3) is 5.45. The monoisotopic (exact) mass is 476 g/mol. The number of halogens is 1. The highest BCUT2D eigenvalue weighted by Gasteiger charge is 2.16. The number of nitrogens with zero attached hydrogens (tertiary/aromatic N) is 2. The molecule has 0 atom stereocenters. The van der Waals surface area contributed by atoms with E-state index < -0.39 is 10.0 Å². The molecule has 0 spiro atoms.